The van der Waals surface area contributed by atoms with Gasteiger partial charge in [0.25, 0.3) is 0 Å². The summed E-state index contributed by atoms with van der Waals surface area (Å²) in [6.07, 6.45) is -4.99. The van der Waals surface area contributed by atoms with Crippen LogP contribution >= 0.6 is 11.6 Å². The van der Waals surface area contributed by atoms with Crippen LogP contribution in [0.2, 0.25) is 5.02 Å². The zero-order valence-electron chi connectivity index (χ0n) is 8.85. The van der Waals surface area contributed by atoms with Gasteiger partial charge in [0.2, 0.25) is 0 Å². The molecule has 0 radical (unpaired) electrons. The van der Waals surface area contributed by atoms with E-state index < -0.39 is 23.6 Å². The number of alkyl halides is 3. The summed E-state index contributed by atoms with van der Waals surface area (Å²) in [5, 5.41) is 8.50. The minimum Gasteiger partial charge on any atom is -0.478 e. The van der Waals surface area contributed by atoms with Crippen molar-refractivity contribution in [3.63, 3.8) is 0 Å². The number of hydrogen-bond acceptors (Lipinski definition) is 2. The molecule has 3 nitrogen and oxygen atoms in total. The van der Waals surface area contributed by atoms with Crippen LogP contribution in [-0.4, -0.2) is 17.4 Å². The largest absolute Gasteiger partial charge is 0.573 e. The fourth-order valence-electron chi connectivity index (χ4n) is 1.32. The number of benzene rings is 1. The molecule has 0 aliphatic heterocycles. The normalized spacial score (nSPS) is 11.4. The average molecular weight is 269 g/mol. The zero-order valence-corrected chi connectivity index (χ0v) is 9.61. The fourth-order valence-corrected chi connectivity index (χ4v) is 1.62. The summed E-state index contributed by atoms with van der Waals surface area (Å²) >= 11 is 5.57. The van der Waals surface area contributed by atoms with E-state index in [9.17, 15) is 18.0 Å². The molecule has 0 spiro atoms. The van der Waals surface area contributed by atoms with Gasteiger partial charge in [-0.2, -0.15) is 0 Å². The number of halogens is 4. The number of hydrogen-bond donors (Lipinski definition) is 1. The summed E-state index contributed by atoms with van der Waals surface area (Å²) in [6.45, 7) is 2.93. The molecule has 0 amide bonds. The number of carboxylic acids is 1. The molecular formula is C10H8ClF3O3. The van der Waals surface area contributed by atoms with Gasteiger partial charge in [0, 0.05) is 0 Å². The van der Waals surface area contributed by atoms with Gasteiger partial charge in [-0.1, -0.05) is 11.6 Å². The topological polar surface area (TPSA) is 46.5 Å². The van der Waals surface area contributed by atoms with E-state index in [1.54, 1.807) is 6.92 Å². The number of aromatic carboxylic acids is 1. The lowest BCUT2D eigenvalue weighted by molar-refractivity contribution is -0.274. The Kier molecular flexibility index (Phi) is 3.56. The molecule has 1 aromatic rings. The monoisotopic (exact) mass is 268 g/mol. The van der Waals surface area contributed by atoms with Gasteiger partial charge in [-0.3, -0.25) is 0 Å². The molecule has 94 valence electrons. The highest BCUT2D eigenvalue weighted by Gasteiger charge is 2.35. The summed E-state index contributed by atoms with van der Waals surface area (Å²) in [4.78, 5) is 10.9. The Labute approximate surface area is 99.8 Å². The van der Waals surface area contributed by atoms with Gasteiger partial charge in [0.1, 0.15) is 5.56 Å². The number of carbonyl (C=O) groups is 1. The molecule has 0 atom stereocenters. The van der Waals surface area contributed by atoms with Crippen molar-refractivity contribution in [2.24, 2.45) is 0 Å². The molecule has 1 N–H and O–H groups in total. The van der Waals surface area contributed by atoms with E-state index in [0.717, 1.165) is 0 Å². The lowest BCUT2D eigenvalue weighted by Gasteiger charge is -2.15. The van der Waals surface area contributed by atoms with E-state index in [4.69, 9.17) is 16.7 Å². The molecule has 0 saturated carbocycles. The van der Waals surface area contributed by atoms with E-state index >= 15 is 0 Å². The van der Waals surface area contributed by atoms with Crippen molar-refractivity contribution in [2.45, 2.75) is 20.2 Å². The lowest BCUT2D eigenvalue weighted by atomic mass is 10.0. The Balaban J connectivity index is 3.47. The van der Waals surface area contributed by atoms with Crippen LogP contribution in [0.3, 0.4) is 0 Å². The van der Waals surface area contributed by atoms with E-state index in [1.807, 2.05) is 0 Å². The van der Waals surface area contributed by atoms with E-state index in [0.29, 0.717) is 5.56 Å². The highest BCUT2D eigenvalue weighted by atomic mass is 35.5. The Hall–Kier alpha value is -1.43. The lowest BCUT2D eigenvalue weighted by Crippen LogP contribution is -2.20. The molecular weight excluding hydrogens is 261 g/mol. The first-order valence-electron chi connectivity index (χ1n) is 4.42. The number of aryl methyl sites for hydroxylation is 1. The third kappa shape index (κ3) is 3.03. The third-order valence-corrected chi connectivity index (χ3v) is 2.47. The second-order valence-corrected chi connectivity index (χ2v) is 3.76. The van der Waals surface area contributed by atoms with Crippen molar-refractivity contribution in [3.05, 3.63) is 27.8 Å². The molecule has 1 rings (SSSR count). The molecule has 0 heterocycles. The first kappa shape index (κ1) is 13.6. The summed E-state index contributed by atoms with van der Waals surface area (Å²) in [5.74, 6) is -2.40. The molecule has 17 heavy (non-hydrogen) atoms. The summed E-state index contributed by atoms with van der Waals surface area (Å²) in [7, 11) is 0. The highest BCUT2D eigenvalue weighted by Crippen LogP contribution is 2.36. The molecule has 7 heteroatoms. The van der Waals surface area contributed by atoms with Crippen molar-refractivity contribution in [3.8, 4) is 5.75 Å². The maximum atomic E-state index is 12.1. The van der Waals surface area contributed by atoms with E-state index in [-0.39, 0.29) is 10.6 Å². The van der Waals surface area contributed by atoms with Crippen LogP contribution in [0.25, 0.3) is 0 Å². The maximum Gasteiger partial charge on any atom is 0.573 e. The zero-order chi connectivity index (χ0) is 13.4. The summed E-state index contributed by atoms with van der Waals surface area (Å²) in [5.41, 5.74) is 0.0791. The first-order chi connectivity index (χ1) is 7.63. The standard InChI is InChI=1S/C10H8ClF3O3/c1-4-3-6(11)8(17-10(12,13)14)7(5(4)2)9(15)16/h3H,1-2H3,(H,15,16). The van der Waals surface area contributed by atoms with Crippen LogP contribution in [0.15, 0.2) is 6.07 Å². The van der Waals surface area contributed by atoms with Crippen LogP contribution in [0.4, 0.5) is 13.2 Å². The van der Waals surface area contributed by atoms with Crippen molar-refractivity contribution in [1.29, 1.82) is 0 Å². The quantitative estimate of drug-likeness (QED) is 0.892. The molecule has 0 fully saturated rings. The Morgan fingerprint density at radius 2 is 1.94 bits per heavy atom. The second kappa shape index (κ2) is 4.44. The first-order valence-corrected chi connectivity index (χ1v) is 4.80. The minimum absolute atomic E-state index is 0.182. The number of ether oxygens (including phenoxy) is 1. The van der Waals surface area contributed by atoms with Gasteiger partial charge in [-0.15, -0.1) is 13.2 Å². The summed E-state index contributed by atoms with van der Waals surface area (Å²) in [6, 6.07) is 1.23. The van der Waals surface area contributed by atoms with Crippen LogP contribution < -0.4 is 4.74 Å². The van der Waals surface area contributed by atoms with Crippen LogP contribution in [0.1, 0.15) is 21.5 Å². The number of rotatable bonds is 2. The van der Waals surface area contributed by atoms with Gasteiger partial charge in [-0.05, 0) is 31.0 Å². The average Bonchev–Trinajstić information content (AvgIpc) is 2.11. The van der Waals surface area contributed by atoms with Gasteiger partial charge < -0.3 is 9.84 Å². The Bertz CT molecular complexity index is 469. The van der Waals surface area contributed by atoms with Crippen molar-refractivity contribution < 1.29 is 27.8 Å². The maximum absolute atomic E-state index is 12.1. The van der Waals surface area contributed by atoms with Crippen LogP contribution in [0, 0.1) is 13.8 Å². The van der Waals surface area contributed by atoms with Crippen molar-refractivity contribution >= 4 is 17.6 Å². The SMILES string of the molecule is Cc1cc(Cl)c(OC(F)(F)F)c(C(=O)O)c1C. The molecule has 0 aliphatic rings. The second-order valence-electron chi connectivity index (χ2n) is 3.36. The van der Waals surface area contributed by atoms with Gasteiger partial charge >= 0.3 is 12.3 Å². The van der Waals surface area contributed by atoms with E-state index in [2.05, 4.69) is 4.74 Å². The van der Waals surface area contributed by atoms with E-state index in [1.165, 1.54) is 13.0 Å². The molecule has 0 bridgehead atoms. The fraction of sp³-hybridized carbons (Fsp3) is 0.300. The van der Waals surface area contributed by atoms with Gasteiger partial charge in [0.15, 0.2) is 5.75 Å². The predicted octanol–water partition coefficient (Wildman–Crippen LogP) is 3.55. The molecule has 0 aromatic heterocycles. The summed E-state index contributed by atoms with van der Waals surface area (Å²) < 4.78 is 40.0. The molecule has 0 aliphatic carbocycles. The van der Waals surface area contributed by atoms with Crippen LogP contribution in [0.5, 0.6) is 5.75 Å². The predicted molar refractivity (Wildman–Crippen MR) is 54.6 cm³/mol. The Morgan fingerprint density at radius 3 is 2.35 bits per heavy atom. The number of carboxylic acid groups (broad SMARTS) is 1. The van der Waals surface area contributed by atoms with Gasteiger partial charge in [0.05, 0.1) is 5.02 Å². The Morgan fingerprint density at radius 1 is 1.41 bits per heavy atom. The molecule has 0 saturated heterocycles. The van der Waals surface area contributed by atoms with Crippen LogP contribution in [-0.2, 0) is 0 Å². The minimum atomic E-state index is -4.99. The van der Waals surface area contributed by atoms with Crippen molar-refractivity contribution in [1.82, 2.24) is 0 Å². The third-order valence-electron chi connectivity index (χ3n) is 2.19. The van der Waals surface area contributed by atoms with Crippen molar-refractivity contribution in [2.75, 3.05) is 0 Å². The smallest absolute Gasteiger partial charge is 0.478 e. The van der Waals surface area contributed by atoms with Gasteiger partial charge in [-0.25, -0.2) is 4.79 Å². The molecule has 0 unspecified atom stereocenters. The highest BCUT2D eigenvalue weighted by molar-refractivity contribution is 6.32. The molecule has 1 aromatic carbocycles.